The molecule has 92 valence electrons. The van der Waals surface area contributed by atoms with E-state index in [9.17, 15) is 0 Å². The molecule has 0 aromatic carbocycles. The molecule has 3 nitrogen and oxygen atoms in total. The fourth-order valence-electron chi connectivity index (χ4n) is 3.13. The Bertz CT molecular complexity index is 421. The van der Waals surface area contributed by atoms with E-state index < -0.39 is 0 Å². The van der Waals surface area contributed by atoms with E-state index in [-0.39, 0.29) is 0 Å². The Morgan fingerprint density at radius 3 is 3.06 bits per heavy atom. The van der Waals surface area contributed by atoms with Gasteiger partial charge in [-0.2, -0.15) is 0 Å². The summed E-state index contributed by atoms with van der Waals surface area (Å²) in [5, 5.41) is 4.22. The number of nitrogens with one attached hydrogen (secondary N) is 1. The van der Waals surface area contributed by atoms with Crippen molar-refractivity contribution >= 4 is 17.3 Å². The van der Waals surface area contributed by atoms with Gasteiger partial charge in [-0.05, 0) is 44.9 Å². The third-order valence-corrected chi connectivity index (χ3v) is 4.21. The molecule has 2 fully saturated rings. The molecule has 0 aliphatic carbocycles. The third kappa shape index (κ3) is 2.14. The Morgan fingerprint density at radius 1 is 1.35 bits per heavy atom. The molecule has 2 unspecified atom stereocenters. The minimum Gasteiger partial charge on any atom is -0.379 e. The van der Waals surface area contributed by atoms with Gasteiger partial charge in [-0.3, -0.25) is 4.90 Å². The smallest absolute Gasteiger partial charge is 0.129 e. The normalized spacial score (nSPS) is 28.4. The lowest BCUT2D eigenvalue weighted by molar-refractivity contribution is 0.318. The number of fused-ring (bicyclic) bond motifs is 1. The summed E-state index contributed by atoms with van der Waals surface area (Å²) < 4.78 is 0. The zero-order valence-corrected chi connectivity index (χ0v) is 10.9. The Hall–Kier alpha value is -0.800. The van der Waals surface area contributed by atoms with E-state index in [0.717, 1.165) is 17.4 Å². The highest BCUT2D eigenvalue weighted by Gasteiger charge is 2.37. The van der Waals surface area contributed by atoms with Gasteiger partial charge in [-0.1, -0.05) is 11.6 Å². The van der Waals surface area contributed by atoms with Crippen molar-refractivity contribution in [3.8, 4) is 0 Å². The molecule has 4 heteroatoms. The summed E-state index contributed by atoms with van der Waals surface area (Å²) in [6, 6.07) is 5.21. The second-order valence-corrected chi connectivity index (χ2v) is 5.44. The van der Waals surface area contributed by atoms with Crippen LogP contribution in [0.25, 0.3) is 0 Å². The minimum absolute atomic E-state index is 0.571. The highest BCUT2D eigenvalue weighted by molar-refractivity contribution is 6.29. The van der Waals surface area contributed by atoms with Crippen molar-refractivity contribution in [1.29, 1.82) is 0 Å². The highest BCUT2D eigenvalue weighted by Crippen LogP contribution is 2.30. The molecular formula is C13H18ClN3. The summed E-state index contributed by atoms with van der Waals surface area (Å²) in [5.74, 6) is 0. The average Bonchev–Trinajstić information content (AvgIpc) is 2.86. The van der Waals surface area contributed by atoms with Gasteiger partial charge >= 0.3 is 0 Å². The molecule has 3 rings (SSSR count). The lowest BCUT2D eigenvalue weighted by Gasteiger charge is -2.22. The predicted molar refractivity (Wildman–Crippen MR) is 70.6 cm³/mol. The van der Waals surface area contributed by atoms with Crippen LogP contribution in [0.15, 0.2) is 12.1 Å². The molecular weight excluding hydrogens is 234 g/mol. The van der Waals surface area contributed by atoms with Gasteiger partial charge in [-0.25, -0.2) is 4.98 Å². The van der Waals surface area contributed by atoms with Crippen molar-refractivity contribution in [1.82, 2.24) is 9.88 Å². The monoisotopic (exact) mass is 251 g/mol. The molecule has 1 aromatic heterocycles. The van der Waals surface area contributed by atoms with Crippen LogP contribution in [0.1, 0.15) is 25.0 Å². The summed E-state index contributed by atoms with van der Waals surface area (Å²) in [4.78, 5) is 6.90. The summed E-state index contributed by atoms with van der Waals surface area (Å²) in [6.45, 7) is 4.53. The van der Waals surface area contributed by atoms with Crippen LogP contribution in [0.2, 0.25) is 5.15 Å². The molecule has 2 atom stereocenters. The summed E-state index contributed by atoms with van der Waals surface area (Å²) in [5.41, 5.74) is 2.13. The van der Waals surface area contributed by atoms with Crippen LogP contribution in [0.4, 0.5) is 5.69 Å². The Kier molecular flexibility index (Phi) is 2.97. The quantitative estimate of drug-likeness (QED) is 0.820. The van der Waals surface area contributed by atoms with E-state index in [4.69, 9.17) is 11.6 Å². The van der Waals surface area contributed by atoms with Crippen LogP contribution in [-0.4, -0.2) is 35.1 Å². The zero-order valence-electron chi connectivity index (χ0n) is 10.1. The maximum atomic E-state index is 5.88. The van der Waals surface area contributed by atoms with Crippen LogP contribution < -0.4 is 5.32 Å². The van der Waals surface area contributed by atoms with Crippen molar-refractivity contribution in [2.24, 2.45) is 0 Å². The number of nitrogens with zero attached hydrogens (tertiary/aromatic N) is 2. The second kappa shape index (κ2) is 4.46. The first-order chi connectivity index (χ1) is 8.24. The van der Waals surface area contributed by atoms with Crippen molar-refractivity contribution in [2.75, 3.05) is 18.4 Å². The molecule has 2 aliphatic rings. The number of hydrogen-bond acceptors (Lipinski definition) is 3. The number of halogens is 1. The molecule has 3 heterocycles. The first-order valence-corrected chi connectivity index (χ1v) is 6.75. The van der Waals surface area contributed by atoms with Crippen molar-refractivity contribution in [3.05, 3.63) is 23.0 Å². The van der Waals surface area contributed by atoms with E-state index in [1.807, 2.05) is 19.1 Å². The third-order valence-electron chi connectivity index (χ3n) is 4.00. The number of hydrogen-bond donors (Lipinski definition) is 1. The Morgan fingerprint density at radius 2 is 2.24 bits per heavy atom. The molecule has 17 heavy (non-hydrogen) atoms. The van der Waals surface area contributed by atoms with Crippen LogP contribution in [0, 0.1) is 6.92 Å². The van der Waals surface area contributed by atoms with Crippen molar-refractivity contribution in [3.63, 3.8) is 0 Å². The van der Waals surface area contributed by atoms with Crippen molar-refractivity contribution in [2.45, 2.75) is 38.3 Å². The fourth-order valence-corrected chi connectivity index (χ4v) is 3.32. The van der Waals surface area contributed by atoms with Crippen LogP contribution >= 0.6 is 11.6 Å². The second-order valence-electron chi connectivity index (χ2n) is 5.05. The molecule has 0 spiro atoms. The van der Waals surface area contributed by atoms with Gasteiger partial charge in [0.1, 0.15) is 5.15 Å². The minimum atomic E-state index is 0.571. The molecule has 0 saturated carbocycles. The van der Waals surface area contributed by atoms with E-state index >= 15 is 0 Å². The molecule has 0 radical (unpaired) electrons. The predicted octanol–water partition coefficient (Wildman–Crippen LogP) is 2.69. The maximum Gasteiger partial charge on any atom is 0.129 e. The SMILES string of the molecule is Cc1nc(Cl)ccc1NC1CCN2CCCC12. The van der Waals surface area contributed by atoms with E-state index in [1.54, 1.807) is 0 Å². The lowest BCUT2D eigenvalue weighted by Crippen LogP contribution is -2.33. The first kappa shape index (κ1) is 11.3. The summed E-state index contributed by atoms with van der Waals surface area (Å²) >= 11 is 5.88. The van der Waals surface area contributed by atoms with Gasteiger partial charge in [0.15, 0.2) is 0 Å². The van der Waals surface area contributed by atoms with Crippen LogP contribution in [-0.2, 0) is 0 Å². The molecule has 1 N–H and O–H groups in total. The maximum absolute atomic E-state index is 5.88. The molecule has 1 aromatic rings. The highest BCUT2D eigenvalue weighted by atomic mass is 35.5. The first-order valence-electron chi connectivity index (χ1n) is 6.38. The van der Waals surface area contributed by atoms with Crippen LogP contribution in [0.5, 0.6) is 0 Å². The van der Waals surface area contributed by atoms with Crippen LogP contribution in [0.3, 0.4) is 0 Å². The molecule has 0 bridgehead atoms. The van der Waals surface area contributed by atoms with Gasteiger partial charge < -0.3 is 5.32 Å². The number of rotatable bonds is 2. The van der Waals surface area contributed by atoms with E-state index in [2.05, 4.69) is 15.2 Å². The van der Waals surface area contributed by atoms with Gasteiger partial charge in [0.2, 0.25) is 0 Å². The molecule has 2 aliphatic heterocycles. The largest absolute Gasteiger partial charge is 0.379 e. The number of pyridine rings is 1. The zero-order chi connectivity index (χ0) is 11.8. The van der Waals surface area contributed by atoms with E-state index in [0.29, 0.717) is 11.2 Å². The number of aromatic nitrogens is 1. The standard InChI is InChI=1S/C13H18ClN3/c1-9-10(4-5-13(14)15-9)16-11-6-8-17-7-2-3-12(11)17/h4-5,11-12,16H,2-3,6-8H2,1H3. The topological polar surface area (TPSA) is 28.2 Å². The van der Waals surface area contributed by atoms with Gasteiger partial charge in [0.25, 0.3) is 0 Å². The van der Waals surface area contributed by atoms with Gasteiger partial charge in [0, 0.05) is 18.6 Å². The average molecular weight is 252 g/mol. The number of aryl methyl sites for hydroxylation is 1. The Labute approximate surface area is 107 Å². The van der Waals surface area contributed by atoms with E-state index in [1.165, 1.54) is 32.4 Å². The fraction of sp³-hybridized carbons (Fsp3) is 0.615. The van der Waals surface area contributed by atoms with Crippen molar-refractivity contribution < 1.29 is 0 Å². The molecule has 2 saturated heterocycles. The van der Waals surface area contributed by atoms with Gasteiger partial charge in [0.05, 0.1) is 11.4 Å². The number of anilines is 1. The van der Waals surface area contributed by atoms with Gasteiger partial charge in [-0.15, -0.1) is 0 Å². The summed E-state index contributed by atoms with van der Waals surface area (Å²) in [7, 11) is 0. The summed E-state index contributed by atoms with van der Waals surface area (Å²) in [6.07, 6.45) is 3.92. The molecule has 0 amide bonds. The Balaban J connectivity index is 1.74. The lowest BCUT2D eigenvalue weighted by atomic mass is 10.1.